The molecule has 1 aliphatic rings. The van der Waals surface area contributed by atoms with Crippen LogP contribution in [0.4, 0.5) is 0 Å². The molecule has 2 rings (SSSR count). The van der Waals surface area contributed by atoms with Gasteiger partial charge in [0.25, 0.3) is 0 Å². The average Bonchev–Trinajstić information content (AvgIpc) is 2.38. The zero-order valence-corrected chi connectivity index (χ0v) is 12.2. The summed E-state index contributed by atoms with van der Waals surface area (Å²) in [5, 5.41) is 7.23. The Balaban J connectivity index is 2.18. The zero-order valence-electron chi connectivity index (χ0n) is 11.4. The van der Waals surface area contributed by atoms with Gasteiger partial charge >= 0.3 is 0 Å². The summed E-state index contributed by atoms with van der Waals surface area (Å²) in [6, 6.07) is 7.72. The molecule has 0 aromatic heterocycles. The van der Waals surface area contributed by atoms with E-state index in [1.165, 1.54) is 0 Å². The molecule has 4 heteroatoms. The molecule has 1 aliphatic heterocycles. The second kappa shape index (κ2) is 6.20. The molecule has 0 bridgehead atoms. The van der Waals surface area contributed by atoms with Crippen LogP contribution in [0.2, 0.25) is 5.02 Å². The fourth-order valence-corrected chi connectivity index (χ4v) is 2.37. The Morgan fingerprint density at radius 2 is 2.11 bits per heavy atom. The highest BCUT2D eigenvalue weighted by Crippen LogP contribution is 2.20. The van der Waals surface area contributed by atoms with E-state index in [4.69, 9.17) is 11.6 Å². The number of carbonyl (C=O) groups excluding carboxylic acids is 1. The third-order valence-corrected chi connectivity index (χ3v) is 3.51. The second-order valence-electron chi connectivity index (χ2n) is 5.10. The normalized spacial score (nSPS) is 19.2. The van der Waals surface area contributed by atoms with E-state index in [-0.39, 0.29) is 5.78 Å². The Bertz CT molecular complexity index is 481. The molecule has 0 spiro atoms. The predicted molar refractivity (Wildman–Crippen MR) is 78.6 cm³/mol. The minimum absolute atomic E-state index is 0.230. The summed E-state index contributed by atoms with van der Waals surface area (Å²) in [5.41, 5.74) is 2.13. The lowest BCUT2D eigenvalue weighted by Crippen LogP contribution is -2.35. The van der Waals surface area contributed by atoms with Crippen LogP contribution in [0.3, 0.4) is 0 Å². The molecule has 102 valence electrons. The number of rotatable bonds is 4. The van der Waals surface area contributed by atoms with E-state index < -0.39 is 0 Å². The first kappa shape index (κ1) is 14.1. The maximum absolute atomic E-state index is 11.5. The van der Waals surface area contributed by atoms with Crippen molar-refractivity contribution in [2.24, 2.45) is 11.0 Å². The first-order chi connectivity index (χ1) is 9.08. The molecule has 19 heavy (non-hydrogen) atoms. The summed E-state index contributed by atoms with van der Waals surface area (Å²) in [7, 11) is 0. The molecule has 0 amide bonds. The van der Waals surface area contributed by atoms with Crippen molar-refractivity contribution in [2.45, 2.75) is 26.7 Å². The number of carbonyl (C=O) groups is 1. The number of nitrogens with zero attached hydrogens (tertiary/aromatic N) is 2. The van der Waals surface area contributed by atoms with Gasteiger partial charge in [0.05, 0.1) is 12.3 Å². The van der Waals surface area contributed by atoms with Crippen LogP contribution in [-0.4, -0.2) is 29.6 Å². The van der Waals surface area contributed by atoms with E-state index in [0.717, 1.165) is 29.3 Å². The highest BCUT2D eigenvalue weighted by molar-refractivity contribution is 6.30. The Labute approximate surface area is 119 Å². The molecule has 1 unspecified atom stereocenters. The van der Waals surface area contributed by atoms with Gasteiger partial charge in [-0.2, -0.15) is 5.10 Å². The number of Topliss-reactive ketones (excluding diaryl/α,β-unsaturated/α-hetero) is 1. The Hall–Kier alpha value is -1.35. The van der Waals surface area contributed by atoms with Crippen LogP contribution in [0.15, 0.2) is 29.4 Å². The predicted octanol–water partition coefficient (Wildman–Crippen LogP) is 3.37. The molecule has 1 aromatic carbocycles. The Morgan fingerprint density at radius 3 is 2.74 bits per heavy atom. The van der Waals surface area contributed by atoms with Crippen LogP contribution in [0.5, 0.6) is 0 Å². The lowest BCUT2D eigenvalue weighted by atomic mass is 9.97. The minimum Gasteiger partial charge on any atom is -0.298 e. The van der Waals surface area contributed by atoms with Crippen molar-refractivity contribution in [1.29, 1.82) is 0 Å². The lowest BCUT2D eigenvalue weighted by molar-refractivity contribution is -0.120. The van der Waals surface area contributed by atoms with Gasteiger partial charge in [-0.05, 0) is 30.0 Å². The molecule has 0 N–H and O–H groups in total. The minimum atomic E-state index is 0.230. The quantitative estimate of drug-likeness (QED) is 0.846. The second-order valence-corrected chi connectivity index (χ2v) is 5.54. The van der Waals surface area contributed by atoms with Gasteiger partial charge in [0, 0.05) is 18.0 Å². The summed E-state index contributed by atoms with van der Waals surface area (Å²) in [6.45, 7) is 5.34. The van der Waals surface area contributed by atoms with Crippen LogP contribution in [0.25, 0.3) is 0 Å². The number of hydrogen-bond donors (Lipinski definition) is 0. The first-order valence-electron chi connectivity index (χ1n) is 6.68. The molecular weight excluding hydrogens is 260 g/mol. The highest BCUT2D eigenvalue weighted by Gasteiger charge is 2.20. The fourth-order valence-electron chi connectivity index (χ4n) is 2.24. The van der Waals surface area contributed by atoms with Gasteiger partial charge in [-0.15, -0.1) is 0 Å². The van der Waals surface area contributed by atoms with Crippen molar-refractivity contribution < 1.29 is 4.79 Å². The van der Waals surface area contributed by atoms with Crippen molar-refractivity contribution >= 4 is 23.1 Å². The molecule has 1 aromatic rings. The van der Waals surface area contributed by atoms with Gasteiger partial charge in [-0.1, -0.05) is 37.6 Å². The smallest absolute Gasteiger partial charge is 0.153 e. The van der Waals surface area contributed by atoms with Crippen LogP contribution in [0.1, 0.15) is 32.3 Å². The monoisotopic (exact) mass is 278 g/mol. The summed E-state index contributed by atoms with van der Waals surface area (Å²) in [5.74, 6) is 0.737. The van der Waals surface area contributed by atoms with E-state index in [9.17, 15) is 4.79 Å². The number of benzene rings is 1. The first-order valence-corrected chi connectivity index (χ1v) is 7.06. The molecule has 0 saturated carbocycles. The number of halogens is 1. The molecule has 0 aliphatic carbocycles. The highest BCUT2D eigenvalue weighted by atomic mass is 35.5. The summed E-state index contributed by atoms with van der Waals surface area (Å²) < 4.78 is 0. The third kappa shape index (κ3) is 3.80. The maximum atomic E-state index is 11.5. The summed E-state index contributed by atoms with van der Waals surface area (Å²) in [4.78, 5) is 11.5. The maximum Gasteiger partial charge on any atom is 0.153 e. The Morgan fingerprint density at radius 1 is 1.42 bits per heavy atom. The molecule has 0 saturated heterocycles. The van der Waals surface area contributed by atoms with Crippen molar-refractivity contribution in [3.05, 3.63) is 34.9 Å². The number of hydrazone groups is 1. The van der Waals surface area contributed by atoms with Crippen molar-refractivity contribution in [3.63, 3.8) is 0 Å². The van der Waals surface area contributed by atoms with Gasteiger partial charge in [0.15, 0.2) is 5.78 Å². The van der Waals surface area contributed by atoms with Gasteiger partial charge < -0.3 is 0 Å². The Kier molecular flexibility index (Phi) is 4.59. The van der Waals surface area contributed by atoms with E-state index in [0.29, 0.717) is 18.9 Å². The lowest BCUT2D eigenvalue weighted by Gasteiger charge is -2.29. The van der Waals surface area contributed by atoms with Crippen molar-refractivity contribution in [3.8, 4) is 0 Å². The largest absolute Gasteiger partial charge is 0.298 e. The third-order valence-electron chi connectivity index (χ3n) is 3.26. The molecule has 0 fully saturated rings. The molecule has 3 nitrogen and oxygen atoms in total. The van der Waals surface area contributed by atoms with Crippen LogP contribution in [-0.2, 0) is 4.79 Å². The van der Waals surface area contributed by atoms with Crippen LogP contribution >= 0.6 is 11.6 Å². The number of hydrogen-bond acceptors (Lipinski definition) is 3. The van der Waals surface area contributed by atoms with Gasteiger partial charge in [0.1, 0.15) is 0 Å². The van der Waals surface area contributed by atoms with E-state index in [2.05, 4.69) is 12.0 Å². The van der Waals surface area contributed by atoms with Gasteiger partial charge in [-0.25, -0.2) is 0 Å². The SMILES string of the molecule is CCC(=O)CN1CC(C)CC(c2ccc(Cl)cc2)=N1. The summed E-state index contributed by atoms with van der Waals surface area (Å²) in [6.07, 6.45) is 1.51. The van der Waals surface area contributed by atoms with Crippen molar-refractivity contribution in [1.82, 2.24) is 5.01 Å². The molecule has 0 radical (unpaired) electrons. The molecule has 1 heterocycles. The fraction of sp³-hybridized carbons (Fsp3) is 0.467. The zero-order chi connectivity index (χ0) is 13.8. The van der Waals surface area contributed by atoms with Crippen LogP contribution < -0.4 is 0 Å². The topological polar surface area (TPSA) is 32.7 Å². The van der Waals surface area contributed by atoms with Gasteiger partial charge in [0.2, 0.25) is 0 Å². The molecule has 1 atom stereocenters. The van der Waals surface area contributed by atoms with Crippen molar-refractivity contribution in [2.75, 3.05) is 13.1 Å². The molecular formula is C15H19ClN2O. The van der Waals surface area contributed by atoms with E-state index >= 15 is 0 Å². The van der Waals surface area contributed by atoms with Crippen LogP contribution in [0, 0.1) is 5.92 Å². The average molecular weight is 279 g/mol. The van der Waals surface area contributed by atoms with E-state index in [1.54, 1.807) is 0 Å². The standard InChI is InChI=1S/C15H19ClN2O/c1-3-14(19)10-18-9-11(2)8-15(17-18)12-4-6-13(16)7-5-12/h4-7,11H,3,8-10H2,1-2H3. The van der Waals surface area contributed by atoms with E-state index in [1.807, 2.05) is 36.2 Å². The summed E-state index contributed by atoms with van der Waals surface area (Å²) >= 11 is 5.90. The van der Waals surface area contributed by atoms with Gasteiger partial charge in [-0.3, -0.25) is 9.80 Å². The number of ketones is 1.